The highest BCUT2D eigenvalue weighted by Gasteiger charge is 2.24. The number of carbonyl (C=O) groups excluding carboxylic acids is 1. The van der Waals surface area contributed by atoms with Crippen molar-refractivity contribution in [1.29, 1.82) is 0 Å². The molecule has 2 heterocycles. The van der Waals surface area contributed by atoms with Crippen LogP contribution in [0.5, 0.6) is 0 Å². The smallest absolute Gasteiger partial charge is 0.354 e. The van der Waals surface area contributed by atoms with E-state index in [1.807, 2.05) is 23.7 Å². The van der Waals surface area contributed by atoms with Crippen LogP contribution < -0.4 is 5.32 Å². The maximum Gasteiger partial charge on any atom is 0.354 e. The van der Waals surface area contributed by atoms with E-state index in [0.29, 0.717) is 11.7 Å². The Morgan fingerprint density at radius 3 is 2.88 bits per heavy atom. The largest absolute Gasteiger partial charge is 0.464 e. The molecular formula is C12H19N3O2. The van der Waals surface area contributed by atoms with Gasteiger partial charge in [0.05, 0.1) is 13.2 Å². The molecule has 1 fully saturated rings. The third kappa shape index (κ3) is 2.21. The molecule has 0 saturated carbocycles. The molecule has 1 aliphatic heterocycles. The number of esters is 1. The van der Waals surface area contributed by atoms with Crippen LogP contribution in [0.15, 0.2) is 12.1 Å². The van der Waals surface area contributed by atoms with Gasteiger partial charge in [-0.1, -0.05) is 0 Å². The molecule has 0 aliphatic carbocycles. The van der Waals surface area contributed by atoms with E-state index < -0.39 is 0 Å². The van der Waals surface area contributed by atoms with Crippen LogP contribution in [0.1, 0.15) is 22.2 Å². The van der Waals surface area contributed by atoms with Gasteiger partial charge in [0.15, 0.2) is 0 Å². The number of hydrogen-bond acceptors (Lipinski definition) is 4. The van der Waals surface area contributed by atoms with Gasteiger partial charge in [-0.25, -0.2) is 4.79 Å². The zero-order chi connectivity index (χ0) is 12.4. The lowest BCUT2D eigenvalue weighted by Crippen LogP contribution is -2.44. The van der Waals surface area contributed by atoms with Crippen molar-refractivity contribution in [3.63, 3.8) is 0 Å². The first-order valence-electron chi connectivity index (χ1n) is 5.80. The van der Waals surface area contributed by atoms with Gasteiger partial charge >= 0.3 is 5.97 Å². The SMILES string of the molecule is COC(=O)c1ccc(C2CNCCN2C)n1C. The Bertz CT molecular complexity index is 414. The summed E-state index contributed by atoms with van der Waals surface area (Å²) in [6.07, 6.45) is 0. The van der Waals surface area contributed by atoms with E-state index in [2.05, 4.69) is 17.3 Å². The maximum absolute atomic E-state index is 11.5. The number of ether oxygens (including phenoxy) is 1. The van der Waals surface area contributed by atoms with Crippen molar-refractivity contribution in [1.82, 2.24) is 14.8 Å². The van der Waals surface area contributed by atoms with Gasteiger partial charge in [-0.15, -0.1) is 0 Å². The average molecular weight is 237 g/mol. The molecular weight excluding hydrogens is 218 g/mol. The second-order valence-corrected chi connectivity index (χ2v) is 4.39. The summed E-state index contributed by atoms with van der Waals surface area (Å²) < 4.78 is 6.67. The van der Waals surface area contributed by atoms with Crippen LogP contribution in [0.25, 0.3) is 0 Å². The zero-order valence-corrected chi connectivity index (χ0v) is 10.6. The number of aromatic nitrogens is 1. The van der Waals surface area contributed by atoms with Crippen LogP contribution in [0, 0.1) is 0 Å². The van der Waals surface area contributed by atoms with Crippen LogP contribution in [0.3, 0.4) is 0 Å². The van der Waals surface area contributed by atoms with Gasteiger partial charge in [0.25, 0.3) is 0 Å². The molecule has 17 heavy (non-hydrogen) atoms. The third-order valence-corrected chi connectivity index (χ3v) is 3.41. The van der Waals surface area contributed by atoms with Crippen molar-refractivity contribution < 1.29 is 9.53 Å². The quantitative estimate of drug-likeness (QED) is 0.756. The van der Waals surface area contributed by atoms with E-state index in [1.165, 1.54) is 7.11 Å². The number of hydrogen-bond donors (Lipinski definition) is 1. The summed E-state index contributed by atoms with van der Waals surface area (Å²) in [5, 5.41) is 3.37. The van der Waals surface area contributed by atoms with Crippen LogP contribution >= 0.6 is 0 Å². The molecule has 1 aromatic rings. The molecule has 94 valence electrons. The molecule has 1 saturated heterocycles. The Kier molecular flexibility index (Phi) is 3.49. The van der Waals surface area contributed by atoms with Crippen molar-refractivity contribution in [2.24, 2.45) is 7.05 Å². The Morgan fingerprint density at radius 2 is 2.24 bits per heavy atom. The summed E-state index contributed by atoms with van der Waals surface area (Å²) in [7, 11) is 5.42. The van der Waals surface area contributed by atoms with Crippen molar-refractivity contribution in [3.8, 4) is 0 Å². The minimum atomic E-state index is -0.287. The highest BCUT2D eigenvalue weighted by atomic mass is 16.5. The lowest BCUT2D eigenvalue weighted by Gasteiger charge is -2.33. The first-order chi connectivity index (χ1) is 8.15. The summed E-state index contributed by atoms with van der Waals surface area (Å²) in [5.74, 6) is -0.287. The fourth-order valence-corrected chi connectivity index (χ4v) is 2.31. The van der Waals surface area contributed by atoms with Crippen LogP contribution in [-0.4, -0.2) is 49.2 Å². The predicted molar refractivity (Wildman–Crippen MR) is 65.0 cm³/mol. The normalized spacial score (nSPS) is 21.5. The molecule has 1 unspecified atom stereocenters. The van der Waals surface area contributed by atoms with E-state index >= 15 is 0 Å². The van der Waals surface area contributed by atoms with Crippen LogP contribution in [-0.2, 0) is 11.8 Å². The molecule has 1 N–H and O–H groups in total. The summed E-state index contributed by atoms with van der Waals surface area (Å²) in [6, 6.07) is 4.14. The minimum absolute atomic E-state index is 0.287. The molecule has 0 bridgehead atoms. The maximum atomic E-state index is 11.5. The van der Waals surface area contributed by atoms with Gasteiger partial charge in [0, 0.05) is 32.4 Å². The Labute approximate surface area is 101 Å². The minimum Gasteiger partial charge on any atom is -0.464 e. The number of methoxy groups -OCH3 is 1. The van der Waals surface area contributed by atoms with Crippen molar-refractivity contribution in [2.45, 2.75) is 6.04 Å². The van der Waals surface area contributed by atoms with Gasteiger partial charge in [-0.3, -0.25) is 4.90 Å². The van der Waals surface area contributed by atoms with Gasteiger partial charge in [0.2, 0.25) is 0 Å². The van der Waals surface area contributed by atoms with E-state index in [0.717, 1.165) is 25.3 Å². The Balaban J connectivity index is 2.27. The summed E-state index contributed by atoms with van der Waals surface area (Å²) in [5.41, 5.74) is 1.74. The van der Waals surface area contributed by atoms with Crippen LogP contribution in [0.4, 0.5) is 0 Å². The number of nitrogens with one attached hydrogen (secondary N) is 1. The average Bonchev–Trinajstić information content (AvgIpc) is 2.71. The highest BCUT2D eigenvalue weighted by molar-refractivity contribution is 5.87. The second-order valence-electron chi connectivity index (χ2n) is 4.39. The molecule has 1 aliphatic rings. The second kappa shape index (κ2) is 4.89. The van der Waals surface area contributed by atoms with E-state index in [-0.39, 0.29) is 5.97 Å². The van der Waals surface area contributed by atoms with Gasteiger partial charge < -0.3 is 14.6 Å². The van der Waals surface area contributed by atoms with Crippen molar-refractivity contribution in [3.05, 3.63) is 23.5 Å². The van der Waals surface area contributed by atoms with Crippen molar-refractivity contribution in [2.75, 3.05) is 33.8 Å². The number of rotatable bonds is 2. The lowest BCUT2D eigenvalue weighted by molar-refractivity contribution is 0.0588. The number of nitrogens with zero attached hydrogens (tertiary/aromatic N) is 2. The van der Waals surface area contributed by atoms with Crippen molar-refractivity contribution >= 4 is 5.97 Å². The molecule has 1 atom stereocenters. The topological polar surface area (TPSA) is 46.5 Å². The van der Waals surface area contributed by atoms with Gasteiger partial charge in [-0.05, 0) is 19.2 Å². The van der Waals surface area contributed by atoms with E-state index in [9.17, 15) is 4.79 Å². The van der Waals surface area contributed by atoms with E-state index in [4.69, 9.17) is 4.74 Å². The fourth-order valence-electron chi connectivity index (χ4n) is 2.31. The monoisotopic (exact) mass is 237 g/mol. The number of piperazine rings is 1. The molecule has 0 amide bonds. The third-order valence-electron chi connectivity index (χ3n) is 3.41. The Morgan fingerprint density at radius 1 is 1.47 bits per heavy atom. The van der Waals surface area contributed by atoms with Crippen LogP contribution in [0.2, 0.25) is 0 Å². The zero-order valence-electron chi connectivity index (χ0n) is 10.6. The first-order valence-corrected chi connectivity index (χ1v) is 5.80. The highest BCUT2D eigenvalue weighted by Crippen LogP contribution is 2.22. The van der Waals surface area contributed by atoms with E-state index in [1.54, 1.807) is 0 Å². The van der Waals surface area contributed by atoms with Gasteiger partial charge in [0.1, 0.15) is 5.69 Å². The molecule has 0 radical (unpaired) electrons. The fraction of sp³-hybridized carbons (Fsp3) is 0.583. The molecule has 0 aromatic carbocycles. The predicted octanol–water partition coefficient (Wildman–Crippen LogP) is 0.388. The summed E-state index contributed by atoms with van der Waals surface area (Å²) in [6.45, 7) is 2.94. The molecule has 1 aromatic heterocycles. The molecule has 2 rings (SSSR count). The Hall–Kier alpha value is -1.33. The number of likely N-dealkylation sites (N-methyl/N-ethyl adjacent to an activating group) is 1. The first kappa shape index (κ1) is 12.1. The summed E-state index contributed by atoms with van der Waals surface area (Å²) >= 11 is 0. The molecule has 5 nitrogen and oxygen atoms in total. The molecule has 0 spiro atoms. The number of carbonyl (C=O) groups is 1. The standard InChI is InChI=1S/C12H19N3O2/c1-14-7-6-13-8-11(14)9-4-5-10(15(9)2)12(16)17-3/h4-5,11,13H,6-8H2,1-3H3. The summed E-state index contributed by atoms with van der Waals surface area (Å²) in [4.78, 5) is 13.8. The lowest BCUT2D eigenvalue weighted by atomic mass is 10.1. The van der Waals surface area contributed by atoms with Gasteiger partial charge in [-0.2, -0.15) is 0 Å². The molecule has 5 heteroatoms.